The van der Waals surface area contributed by atoms with Crippen LogP contribution in [0.25, 0.3) is 6.08 Å². The molecule has 2 aromatic rings. The van der Waals surface area contributed by atoms with E-state index >= 15 is 0 Å². The molecule has 1 aromatic heterocycles. The van der Waals surface area contributed by atoms with Gasteiger partial charge in [0.1, 0.15) is 6.61 Å². The maximum absolute atomic E-state index is 12.3. The van der Waals surface area contributed by atoms with Gasteiger partial charge >= 0.3 is 6.09 Å². The van der Waals surface area contributed by atoms with E-state index in [1.54, 1.807) is 17.3 Å². The van der Waals surface area contributed by atoms with Crippen molar-refractivity contribution in [3.8, 4) is 0 Å². The first kappa shape index (κ1) is 16.2. The van der Waals surface area contributed by atoms with Crippen LogP contribution in [0.3, 0.4) is 0 Å². The van der Waals surface area contributed by atoms with E-state index in [2.05, 4.69) is 4.98 Å². The number of rotatable bonds is 4. The second-order valence-electron chi connectivity index (χ2n) is 5.79. The third-order valence-corrected chi connectivity index (χ3v) is 3.98. The van der Waals surface area contributed by atoms with Gasteiger partial charge in [0, 0.05) is 12.4 Å². The number of amides is 1. The van der Waals surface area contributed by atoms with Crippen LogP contribution in [0.1, 0.15) is 17.5 Å². The van der Waals surface area contributed by atoms with Crippen molar-refractivity contribution in [1.29, 1.82) is 0 Å². The van der Waals surface area contributed by atoms with E-state index < -0.39 is 12.2 Å². The van der Waals surface area contributed by atoms with Crippen LogP contribution in [0.2, 0.25) is 0 Å². The molecule has 1 aromatic carbocycles. The van der Waals surface area contributed by atoms with Gasteiger partial charge in [0.15, 0.2) is 0 Å². The number of aliphatic hydroxyl groups excluding tert-OH is 1. The molecule has 0 saturated carbocycles. The average Bonchev–Trinajstić information content (AvgIpc) is 3.00. The number of aliphatic hydroxyl groups is 1. The first-order valence-electron chi connectivity index (χ1n) is 7.96. The summed E-state index contributed by atoms with van der Waals surface area (Å²) in [5.74, 6) is 0. The summed E-state index contributed by atoms with van der Waals surface area (Å²) in [6.07, 6.45) is 6.88. The fourth-order valence-corrected chi connectivity index (χ4v) is 2.73. The Kier molecular flexibility index (Phi) is 5.23. The fraction of sp³-hybridized carbons (Fsp3) is 0.263. The highest BCUT2D eigenvalue weighted by atomic mass is 16.6. The van der Waals surface area contributed by atoms with Crippen LogP contribution in [0, 0.1) is 0 Å². The number of likely N-dealkylation sites (tertiary alicyclic amines) is 1. The van der Waals surface area contributed by atoms with Gasteiger partial charge in [-0.3, -0.25) is 9.88 Å². The molecule has 1 aliphatic rings. The molecular formula is C19H20N2O3. The van der Waals surface area contributed by atoms with Crippen LogP contribution < -0.4 is 0 Å². The molecule has 124 valence electrons. The molecule has 2 atom stereocenters. The minimum Gasteiger partial charge on any atom is -0.445 e. The predicted molar refractivity (Wildman–Crippen MR) is 91.0 cm³/mol. The van der Waals surface area contributed by atoms with E-state index in [9.17, 15) is 9.90 Å². The molecular weight excluding hydrogens is 304 g/mol. The lowest BCUT2D eigenvalue weighted by Crippen LogP contribution is -2.35. The Balaban J connectivity index is 1.62. The van der Waals surface area contributed by atoms with E-state index in [4.69, 9.17) is 4.74 Å². The molecule has 24 heavy (non-hydrogen) atoms. The van der Waals surface area contributed by atoms with Crippen molar-refractivity contribution in [2.45, 2.75) is 25.2 Å². The summed E-state index contributed by atoms with van der Waals surface area (Å²) in [7, 11) is 0. The van der Waals surface area contributed by atoms with Crippen molar-refractivity contribution in [3.63, 3.8) is 0 Å². The second kappa shape index (κ2) is 7.75. The van der Waals surface area contributed by atoms with Gasteiger partial charge in [0.25, 0.3) is 0 Å². The quantitative estimate of drug-likeness (QED) is 0.939. The van der Waals surface area contributed by atoms with Crippen LogP contribution >= 0.6 is 0 Å². The summed E-state index contributed by atoms with van der Waals surface area (Å²) < 4.78 is 5.37. The van der Waals surface area contributed by atoms with E-state index in [0.29, 0.717) is 13.0 Å². The third-order valence-electron chi connectivity index (χ3n) is 3.98. The topological polar surface area (TPSA) is 62.7 Å². The first-order chi connectivity index (χ1) is 11.7. The molecule has 1 aliphatic heterocycles. The molecule has 0 unspecified atom stereocenters. The number of carbonyl (C=O) groups excluding carboxylic acids is 1. The number of hydrogen-bond acceptors (Lipinski definition) is 4. The standard InChI is InChI=1S/C19H20N2O3/c22-18-12-17(7-6-15-8-10-20-11-9-15)21(13-18)19(23)24-14-16-4-2-1-3-5-16/h1-11,17-18,22H,12-14H2/t17-,18-/m1/s1. The van der Waals surface area contributed by atoms with Gasteiger partial charge in [0.2, 0.25) is 0 Å². The van der Waals surface area contributed by atoms with Crippen LogP contribution in [0.15, 0.2) is 60.9 Å². The lowest BCUT2D eigenvalue weighted by atomic mass is 10.1. The zero-order valence-corrected chi connectivity index (χ0v) is 13.3. The summed E-state index contributed by atoms with van der Waals surface area (Å²) in [6, 6.07) is 13.2. The van der Waals surface area contributed by atoms with Gasteiger partial charge < -0.3 is 9.84 Å². The first-order valence-corrected chi connectivity index (χ1v) is 7.96. The molecule has 0 bridgehead atoms. The van der Waals surface area contributed by atoms with E-state index in [1.807, 2.05) is 54.6 Å². The van der Waals surface area contributed by atoms with Gasteiger partial charge in [-0.25, -0.2) is 4.79 Å². The highest BCUT2D eigenvalue weighted by molar-refractivity contribution is 5.69. The Morgan fingerprint density at radius 3 is 2.75 bits per heavy atom. The van der Waals surface area contributed by atoms with Crippen molar-refractivity contribution in [1.82, 2.24) is 9.88 Å². The number of hydrogen-bond donors (Lipinski definition) is 1. The summed E-state index contributed by atoms with van der Waals surface area (Å²) in [5.41, 5.74) is 1.94. The lowest BCUT2D eigenvalue weighted by Gasteiger charge is -2.21. The third kappa shape index (κ3) is 4.20. The van der Waals surface area contributed by atoms with Crippen molar-refractivity contribution in [2.24, 2.45) is 0 Å². The molecule has 1 N–H and O–H groups in total. The van der Waals surface area contributed by atoms with E-state index in [1.165, 1.54) is 0 Å². The molecule has 5 nitrogen and oxygen atoms in total. The molecule has 1 amide bonds. The van der Waals surface area contributed by atoms with Gasteiger partial charge in [-0.1, -0.05) is 42.5 Å². The number of ether oxygens (including phenoxy) is 1. The lowest BCUT2D eigenvalue weighted by molar-refractivity contribution is 0.0920. The fourth-order valence-electron chi connectivity index (χ4n) is 2.73. The summed E-state index contributed by atoms with van der Waals surface area (Å²) in [6.45, 7) is 0.520. The zero-order valence-electron chi connectivity index (χ0n) is 13.3. The van der Waals surface area contributed by atoms with Crippen molar-refractivity contribution < 1.29 is 14.6 Å². The molecule has 3 rings (SSSR count). The van der Waals surface area contributed by atoms with Gasteiger partial charge in [-0.15, -0.1) is 0 Å². The van der Waals surface area contributed by atoms with Crippen molar-refractivity contribution in [2.75, 3.05) is 6.54 Å². The zero-order chi connectivity index (χ0) is 16.8. The number of pyridine rings is 1. The number of benzene rings is 1. The molecule has 0 spiro atoms. The summed E-state index contributed by atoms with van der Waals surface area (Å²) in [4.78, 5) is 17.9. The number of nitrogens with zero attached hydrogens (tertiary/aromatic N) is 2. The van der Waals surface area contributed by atoms with Gasteiger partial charge in [-0.2, -0.15) is 0 Å². The van der Waals surface area contributed by atoms with Crippen LogP contribution in [-0.2, 0) is 11.3 Å². The molecule has 1 saturated heterocycles. The Hall–Kier alpha value is -2.66. The number of β-amino-alcohol motifs (C(OH)–C–C–N with tert-alkyl or cyclic N) is 1. The van der Waals surface area contributed by atoms with Gasteiger partial charge in [-0.05, 0) is 29.7 Å². The molecule has 1 fully saturated rings. The van der Waals surface area contributed by atoms with Crippen molar-refractivity contribution in [3.05, 3.63) is 72.1 Å². The van der Waals surface area contributed by atoms with E-state index in [0.717, 1.165) is 11.1 Å². The maximum Gasteiger partial charge on any atom is 0.410 e. The Labute approximate surface area is 141 Å². The SMILES string of the molecule is O=C(OCc1ccccc1)N1C[C@H](O)C[C@H]1C=Cc1ccncc1. The molecule has 0 aliphatic carbocycles. The van der Waals surface area contributed by atoms with Crippen molar-refractivity contribution >= 4 is 12.2 Å². The Morgan fingerprint density at radius 2 is 2.00 bits per heavy atom. The summed E-state index contributed by atoms with van der Waals surface area (Å²) >= 11 is 0. The van der Waals surface area contributed by atoms with Crippen LogP contribution in [0.5, 0.6) is 0 Å². The Bertz CT molecular complexity index is 688. The summed E-state index contributed by atoms with van der Waals surface area (Å²) in [5, 5.41) is 9.91. The number of aromatic nitrogens is 1. The normalized spacial score (nSPS) is 20.5. The number of carbonyl (C=O) groups is 1. The van der Waals surface area contributed by atoms with Gasteiger partial charge in [0.05, 0.1) is 18.7 Å². The second-order valence-corrected chi connectivity index (χ2v) is 5.79. The average molecular weight is 324 g/mol. The molecule has 5 heteroatoms. The minimum atomic E-state index is -0.527. The highest BCUT2D eigenvalue weighted by Crippen LogP contribution is 2.21. The predicted octanol–water partition coefficient (Wildman–Crippen LogP) is 2.87. The highest BCUT2D eigenvalue weighted by Gasteiger charge is 2.33. The largest absolute Gasteiger partial charge is 0.445 e. The van der Waals surface area contributed by atoms with Crippen LogP contribution in [-0.4, -0.2) is 39.8 Å². The Morgan fingerprint density at radius 1 is 1.25 bits per heavy atom. The smallest absolute Gasteiger partial charge is 0.410 e. The monoisotopic (exact) mass is 324 g/mol. The molecule has 2 heterocycles. The maximum atomic E-state index is 12.3. The minimum absolute atomic E-state index is 0.170. The van der Waals surface area contributed by atoms with Crippen LogP contribution in [0.4, 0.5) is 4.79 Å². The molecule has 0 radical (unpaired) electrons. The van der Waals surface area contributed by atoms with E-state index in [-0.39, 0.29) is 12.6 Å².